The summed E-state index contributed by atoms with van der Waals surface area (Å²) in [5.41, 5.74) is 0. The van der Waals surface area contributed by atoms with Crippen molar-refractivity contribution in [2.75, 3.05) is 0 Å². The lowest BCUT2D eigenvalue weighted by Gasteiger charge is -2.25. The molecule has 2 heteroatoms. The Morgan fingerprint density at radius 2 is 2.12 bits per heavy atom. The third kappa shape index (κ3) is 3.41. The van der Waals surface area contributed by atoms with Gasteiger partial charge in [0.1, 0.15) is 5.78 Å². The average Bonchev–Trinajstić information content (AvgIpc) is 2.77. The zero-order valence-electron chi connectivity index (χ0n) is 10.9. The maximum atomic E-state index is 12.2. The molecule has 17 heavy (non-hydrogen) atoms. The fourth-order valence-corrected chi connectivity index (χ4v) is 3.72. The van der Waals surface area contributed by atoms with Crippen LogP contribution in [0.2, 0.25) is 0 Å². The minimum absolute atomic E-state index is 0.339. The molecule has 0 N–H and O–H groups in total. The Hall–Kier alpha value is -0.630. The number of thiophene rings is 1. The van der Waals surface area contributed by atoms with Gasteiger partial charge in [0.15, 0.2) is 0 Å². The molecule has 1 nitrogen and oxygen atoms in total. The van der Waals surface area contributed by atoms with E-state index in [0.29, 0.717) is 18.1 Å². The number of aryl methyl sites for hydroxylation is 1. The van der Waals surface area contributed by atoms with Crippen LogP contribution in [-0.2, 0) is 17.6 Å². The van der Waals surface area contributed by atoms with Crippen LogP contribution >= 0.6 is 11.3 Å². The standard InChI is InChI=1S/C15H22OS/c1-3-13-7-8-14(17-13)10-15(16)12-6-4-5-11(2)9-12/h7-8,11-12H,3-6,9-10H2,1-2H3. The monoisotopic (exact) mass is 250 g/mol. The Morgan fingerprint density at radius 1 is 1.35 bits per heavy atom. The molecule has 0 spiro atoms. The van der Waals surface area contributed by atoms with Gasteiger partial charge in [-0.15, -0.1) is 11.3 Å². The van der Waals surface area contributed by atoms with Crippen LogP contribution in [0.25, 0.3) is 0 Å². The fourth-order valence-electron chi connectivity index (χ4n) is 2.75. The van der Waals surface area contributed by atoms with Gasteiger partial charge in [-0.2, -0.15) is 0 Å². The smallest absolute Gasteiger partial charge is 0.141 e. The molecular formula is C15H22OS. The van der Waals surface area contributed by atoms with E-state index in [9.17, 15) is 4.79 Å². The predicted molar refractivity (Wildman–Crippen MR) is 73.5 cm³/mol. The first-order valence-electron chi connectivity index (χ1n) is 6.79. The number of Topliss-reactive ketones (excluding diaryl/α,β-unsaturated/α-hetero) is 1. The Bertz CT molecular complexity index is 380. The number of rotatable bonds is 4. The quantitative estimate of drug-likeness (QED) is 0.781. The van der Waals surface area contributed by atoms with E-state index in [4.69, 9.17) is 0 Å². The predicted octanol–water partition coefficient (Wildman–Crippen LogP) is 4.25. The minimum atomic E-state index is 0.339. The summed E-state index contributed by atoms with van der Waals surface area (Å²) in [6, 6.07) is 4.30. The third-order valence-corrected chi connectivity index (χ3v) is 5.04. The van der Waals surface area contributed by atoms with Gasteiger partial charge in [0, 0.05) is 22.1 Å². The molecule has 0 saturated heterocycles. The van der Waals surface area contributed by atoms with Crippen molar-refractivity contribution in [3.8, 4) is 0 Å². The van der Waals surface area contributed by atoms with Crippen molar-refractivity contribution in [1.82, 2.24) is 0 Å². The molecule has 1 fully saturated rings. The fraction of sp³-hybridized carbons (Fsp3) is 0.667. The second-order valence-electron chi connectivity index (χ2n) is 5.33. The summed E-state index contributed by atoms with van der Waals surface area (Å²) >= 11 is 1.81. The highest BCUT2D eigenvalue weighted by atomic mass is 32.1. The second kappa shape index (κ2) is 5.81. The van der Waals surface area contributed by atoms with E-state index in [-0.39, 0.29) is 0 Å². The molecular weight excluding hydrogens is 228 g/mol. The molecule has 94 valence electrons. The third-order valence-electron chi connectivity index (χ3n) is 3.81. The maximum Gasteiger partial charge on any atom is 0.141 e. The van der Waals surface area contributed by atoms with Gasteiger partial charge >= 0.3 is 0 Å². The van der Waals surface area contributed by atoms with Gasteiger partial charge in [0.05, 0.1) is 0 Å². The van der Waals surface area contributed by atoms with Crippen LogP contribution in [0.5, 0.6) is 0 Å². The molecule has 1 aromatic heterocycles. The van der Waals surface area contributed by atoms with E-state index in [1.165, 1.54) is 22.6 Å². The number of hydrogen-bond acceptors (Lipinski definition) is 2. The highest BCUT2D eigenvalue weighted by Gasteiger charge is 2.25. The van der Waals surface area contributed by atoms with E-state index < -0.39 is 0 Å². The molecule has 2 atom stereocenters. The summed E-state index contributed by atoms with van der Waals surface area (Å²) < 4.78 is 0. The Morgan fingerprint density at radius 3 is 2.76 bits per heavy atom. The molecule has 1 saturated carbocycles. The van der Waals surface area contributed by atoms with Crippen LogP contribution in [0.1, 0.15) is 49.3 Å². The lowest BCUT2D eigenvalue weighted by Crippen LogP contribution is -2.22. The molecule has 0 amide bonds. The van der Waals surface area contributed by atoms with Crippen LogP contribution in [0.3, 0.4) is 0 Å². The first kappa shape index (κ1) is 12.8. The molecule has 2 unspecified atom stereocenters. The van der Waals surface area contributed by atoms with E-state index in [1.807, 2.05) is 0 Å². The highest BCUT2D eigenvalue weighted by molar-refractivity contribution is 7.12. The number of carbonyl (C=O) groups excluding carboxylic acids is 1. The summed E-state index contributed by atoms with van der Waals surface area (Å²) in [6.07, 6.45) is 6.53. The minimum Gasteiger partial charge on any atom is -0.299 e. The SMILES string of the molecule is CCc1ccc(CC(=O)C2CCCC(C)C2)s1. The van der Waals surface area contributed by atoms with Crippen molar-refractivity contribution in [2.24, 2.45) is 11.8 Å². The number of carbonyl (C=O) groups is 1. The normalized spacial score (nSPS) is 24.8. The van der Waals surface area contributed by atoms with E-state index in [0.717, 1.165) is 25.2 Å². The molecule has 0 radical (unpaired) electrons. The van der Waals surface area contributed by atoms with Crippen molar-refractivity contribution in [2.45, 2.75) is 52.4 Å². The largest absolute Gasteiger partial charge is 0.299 e. The van der Waals surface area contributed by atoms with Gasteiger partial charge in [-0.25, -0.2) is 0 Å². The summed E-state index contributed by atoms with van der Waals surface area (Å²) in [5.74, 6) is 1.55. The van der Waals surface area contributed by atoms with Gasteiger partial charge in [0.2, 0.25) is 0 Å². The van der Waals surface area contributed by atoms with Gasteiger partial charge in [-0.05, 0) is 37.3 Å². The molecule has 0 aromatic carbocycles. The maximum absolute atomic E-state index is 12.2. The highest BCUT2D eigenvalue weighted by Crippen LogP contribution is 2.30. The van der Waals surface area contributed by atoms with Gasteiger partial charge in [0.25, 0.3) is 0 Å². The van der Waals surface area contributed by atoms with Gasteiger partial charge in [-0.3, -0.25) is 4.79 Å². The summed E-state index contributed by atoms with van der Waals surface area (Å²) in [4.78, 5) is 14.9. The topological polar surface area (TPSA) is 17.1 Å². The first-order chi connectivity index (χ1) is 8.19. The zero-order valence-corrected chi connectivity index (χ0v) is 11.7. The van der Waals surface area contributed by atoms with E-state index in [2.05, 4.69) is 26.0 Å². The summed E-state index contributed by atoms with van der Waals surface area (Å²) in [5, 5.41) is 0. The van der Waals surface area contributed by atoms with Crippen molar-refractivity contribution in [3.63, 3.8) is 0 Å². The number of ketones is 1. The molecule has 1 aliphatic rings. The molecule has 2 rings (SSSR count). The van der Waals surface area contributed by atoms with Crippen molar-refractivity contribution >= 4 is 17.1 Å². The molecule has 0 aliphatic heterocycles. The van der Waals surface area contributed by atoms with Crippen LogP contribution in [-0.4, -0.2) is 5.78 Å². The van der Waals surface area contributed by atoms with E-state index >= 15 is 0 Å². The van der Waals surface area contributed by atoms with Crippen molar-refractivity contribution in [1.29, 1.82) is 0 Å². The average molecular weight is 250 g/mol. The van der Waals surface area contributed by atoms with Crippen LogP contribution in [0.4, 0.5) is 0 Å². The van der Waals surface area contributed by atoms with Crippen LogP contribution < -0.4 is 0 Å². The molecule has 1 aliphatic carbocycles. The summed E-state index contributed by atoms with van der Waals surface area (Å²) in [6.45, 7) is 4.44. The number of hydrogen-bond donors (Lipinski definition) is 0. The van der Waals surface area contributed by atoms with E-state index in [1.54, 1.807) is 11.3 Å². The Balaban J connectivity index is 1.91. The molecule has 1 aromatic rings. The first-order valence-corrected chi connectivity index (χ1v) is 7.61. The Kier molecular flexibility index (Phi) is 4.38. The van der Waals surface area contributed by atoms with Gasteiger partial charge < -0.3 is 0 Å². The van der Waals surface area contributed by atoms with Crippen molar-refractivity contribution in [3.05, 3.63) is 21.9 Å². The molecule has 0 bridgehead atoms. The lowest BCUT2D eigenvalue weighted by molar-refractivity contribution is -0.123. The zero-order chi connectivity index (χ0) is 12.3. The lowest BCUT2D eigenvalue weighted by atomic mass is 9.79. The van der Waals surface area contributed by atoms with Crippen LogP contribution in [0, 0.1) is 11.8 Å². The Labute approximate surface area is 108 Å². The van der Waals surface area contributed by atoms with Gasteiger partial charge in [-0.1, -0.05) is 26.7 Å². The summed E-state index contributed by atoms with van der Waals surface area (Å²) in [7, 11) is 0. The van der Waals surface area contributed by atoms with Crippen LogP contribution in [0.15, 0.2) is 12.1 Å². The van der Waals surface area contributed by atoms with Crippen molar-refractivity contribution < 1.29 is 4.79 Å². The second-order valence-corrected chi connectivity index (χ2v) is 6.59. The molecule has 1 heterocycles.